The topological polar surface area (TPSA) is 75.8 Å². The molecule has 5 nitrogen and oxygen atoms in total. The number of hydrogen-bond donors (Lipinski definition) is 2. The van der Waals surface area contributed by atoms with Crippen molar-refractivity contribution in [3.05, 3.63) is 82.1 Å². The Morgan fingerprint density at radius 1 is 1.04 bits per heavy atom. The van der Waals surface area contributed by atoms with Crippen LogP contribution in [0.4, 0.5) is 0 Å². The Morgan fingerprint density at radius 2 is 1.62 bits per heavy atom. The van der Waals surface area contributed by atoms with E-state index in [1.807, 2.05) is 12.1 Å². The molecule has 0 fully saturated rings. The second kappa shape index (κ2) is 8.42. The molecule has 6 heteroatoms. The van der Waals surface area contributed by atoms with Crippen LogP contribution in [0.1, 0.15) is 12.5 Å². The van der Waals surface area contributed by atoms with Gasteiger partial charge in [0.15, 0.2) is 10.9 Å². The van der Waals surface area contributed by atoms with Crippen LogP contribution in [0.5, 0.6) is 0 Å². The van der Waals surface area contributed by atoms with E-state index in [1.54, 1.807) is 0 Å². The standard InChI is InChI=1S/C18H18N2.H3NO2S/c1-14-18(12-15-8-4-3-5-9-15)20(2)13-16-10-6-7-11-17(16)19-14;1-4(2)3/h3-11,13H,12H2,1-2H3;4H,(H2,1,2,3). The molecule has 0 atom stereocenters. The maximum absolute atomic E-state index is 8.81. The Morgan fingerprint density at radius 3 is 2.29 bits per heavy atom. The minimum Gasteiger partial charge on any atom is -0.352 e. The predicted octanol–water partition coefficient (Wildman–Crippen LogP) is 0.935. The van der Waals surface area contributed by atoms with Gasteiger partial charge in [-0.15, -0.1) is 0 Å². The molecule has 1 aliphatic rings. The van der Waals surface area contributed by atoms with E-state index in [1.165, 1.54) is 11.3 Å². The predicted molar refractivity (Wildman–Crippen MR) is 96.8 cm³/mol. The van der Waals surface area contributed by atoms with E-state index in [9.17, 15) is 0 Å². The summed E-state index contributed by atoms with van der Waals surface area (Å²) in [6, 6.07) is 18.8. The highest BCUT2D eigenvalue weighted by molar-refractivity contribution is 7.69. The van der Waals surface area contributed by atoms with Gasteiger partial charge < -0.3 is 4.90 Å². The third-order valence-corrected chi connectivity index (χ3v) is 3.62. The van der Waals surface area contributed by atoms with Crippen LogP contribution in [0.2, 0.25) is 0 Å². The average molecular weight is 343 g/mol. The number of nitrogens with zero attached hydrogens (tertiary/aromatic N) is 2. The highest BCUT2D eigenvalue weighted by Crippen LogP contribution is 2.17. The van der Waals surface area contributed by atoms with E-state index in [0.29, 0.717) is 0 Å². The van der Waals surface area contributed by atoms with Gasteiger partial charge in [-0.2, -0.15) is 0 Å². The zero-order valence-electron chi connectivity index (χ0n) is 13.7. The Labute approximate surface area is 143 Å². The molecule has 0 spiro atoms. The fourth-order valence-corrected chi connectivity index (χ4v) is 2.53. The smallest absolute Gasteiger partial charge is 0.198 e. The molecule has 2 aromatic rings. The number of fused-ring (bicyclic) bond motifs is 1. The average Bonchev–Trinajstić information content (AvgIpc) is 2.65. The van der Waals surface area contributed by atoms with Gasteiger partial charge in [0.1, 0.15) is 0 Å². The van der Waals surface area contributed by atoms with Gasteiger partial charge >= 0.3 is 0 Å². The normalized spacial score (nSPS) is 13.2. The summed E-state index contributed by atoms with van der Waals surface area (Å²) in [5.41, 5.74) is 3.63. The Kier molecular flexibility index (Phi) is 6.28. The van der Waals surface area contributed by atoms with Gasteiger partial charge in [-0.05, 0) is 18.6 Å². The van der Waals surface area contributed by atoms with Crippen molar-refractivity contribution in [3.63, 3.8) is 0 Å². The molecule has 2 aromatic carbocycles. The number of hydrogen-bond acceptors (Lipinski definition) is 4. The molecular formula is C18H21N3O2S. The molecule has 1 aliphatic heterocycles. The summed E-state index contributed by atoms with van der Waals surface area (Å²) in [5, 5.41) is 6.27. The lowest BCUT2D eigenvalue weighted by molar-refractivity contribution is 0.588. The van der Waals surface area contributed by atoms with Gasteiger partial charge in [-0.1, -0.05) is 48.5 Å². The number of allylic oxidation sites excluding steroid dienone is 2. The van der Waals surface area contributed by atoms with Crippen LogP contribution in [0, 0.1) is 0 Å². The molecule has 1 heterocycles. The highest BCUT2D eigenvalue weighted by atomic mass is 32.2. The number of para-hydroxylation sites is 1. The third kappa shape index (κ3) is 5.04. The molecule has 0 bridgehead atoms. The molecule has 0 saturated heterocycles. The second-order valence-corrected chi connectivity index (χ2v) is 5.96. The summed E-state index contributed by atoms with van der Waals surface area (Å²) in [5.74, 6) is 0. The van der Waals surface area contributed by atoms with Crippen molar-refractivity contribution in [2.24, 2.45) is 10.1 Å². The molecular weight excluding hydrogens is 322 g/mol. The van der Waals surface area contributed by atoms with Crippen molar-refractivity contribution in [1.29, 1.82) is 0 Å². The summed E-state index contributed by atoms with van der Waals surface area (Å²) in [6.07, 6.45) is 3.06. The van der Waals surface area contributed by atoms with Crippen LogP contribution < -0.4 is 15.7 Å². The number of benzene rings is 2. The number of thiol groups is 1. The van der Waals surface area contributed by atoms with E-state index in [2.05, 4.69) is 72.7 Å². The Hall–Kier alpha value is -2.44. The summed E-state index contributed by atoms with van der Waals surface area (Å²) >= 11 is 0. The van der Waals surface area contributed by atoms with Gasteiger partial charge in [-0.25, -0.2) is 13.6 Å². The lowest BCUT2D eigenvalue weighted by atomic mass is 10.1. The summed E-state index contributed by atoms with van der Waals surface area (Å²) in [4.78, 5) is 6.97. The van der Waals surface area contributed by atoms with Crippen LogP contribution in [0.25, 0.3) is 6.20 Å². The van der Waals surface area contributed by atoms with Gasteiger partial charge in [0, 0.05) is 30.6 Å². The molecule has 0 amide bonds. The summed E-state index contributed by atoms with van der Waals surface area (Å²) in [6.45, 7) is 2.09. The van der Waals surface area contributed by atoms with Crippen molar-refractivity contribution in [3.8, 4) is 0 Å². The lowest BCUT2D eigenvalue weighted by Crippen LogP contribution is -2.25. The van der Waals surface area contributed by atoms with E-state index in [-0.39, 0.29) is 0 Å². The fraction of sp³-hybridized carbons (Fsp3) is 0.167. The molecule has 3 rings (SSSR count). The first-order valence-electron chi connectivity index (χ1n) is 7.48. The van der Waals surface area contributed by atoms with Crippen LogP contribution in [-0.2, 0) is 17.3 Å². The van der Waals surface area contributed by atoms with Gasteiger partial charge in [-0.3, -0.25) is 4.99 Å². The Balaban J connectivity index is 0.000000471. The molecule has 0 radical (unpaired) electrons. The van der Waals surface area contributed by atoms with Crippen LogP contribution in [0.3, 0.4) is 0 Å². The number of rotatable bonds is 2. The minimum atomic E-state index is -2.62. The molecule has 0 unspecified atom stereocenters. The van der Waals surface area contributed by atoms with Gasteiger partial charge in [0.2, 0.25) is 0 Å². The fourth-order valence-electron chi connectivity index (χ4n) is 2.53. The quantitative estimate of drug-likeness (QED) is 0.797. The van der Waals surface area contributed by atoms with Crippen molar-refractivity contribution in [2.45, 2.75) is 13.3 Å². The SMILES string of the molecule is CC1=C(Cc2ccccc2)N(C)C=c2ccccc2=N1.N[SH](=O)=O. The lowest BCUT2D eigenvalue weighted by Gasteiger charge is -2.19. The van der Waals surface area contributed by atoms with E-state index < -0.39 is 10.9 Å². The molecule has 0 aromatic heterocycles. The summed E-state index contributed by atoms with van der Waals surface area (Å²) in [7, 11) is -0.524. The van der Waals surface area contributed by atoms with Crippen LogP contribution in [-0.4, -0.2) is 20.4 Å². The van der Waals surface area contributed by atoms with E-state index in [0.717, 1.165) is 22.7 Å². The summed E-state index contributed by atoms with van der Waals surface area (Å²) < 4.78 is 17.6. The van der Waals surface area contributed by atoms with Crippen molar-refractivity contribution < 1.29 is 8.42 Å². The first-order valence-corrected chi connectivity index (χ1v) is 8.73. The van der Waals surface area contributed by atoms with Crippen LogP contribution in [0.15, 0.2) is 71.0 Å². The molecule has 24 heavy (non-hydrogen) atoms. The van der Waals surface area contributed by atoms with Crippen molar-refractivity contribution >= 4 is 17.1 Å². The van der Waals surface area contributed by atoms with Crippen LogP contribution >= 0.6 is 0 Å². The first-order chi connectivity index (χ1) is 11.5. The monoisotopic (exact) mass is 343 g/mol. The zero-order valence-corrected chi connectivity index (χ0v) is 14.6. The first kappa shape index (κ1) is 17.9. The number of likely N-dealkylation sites (N-methyl/N-ethyl adjacent to an activating group) is 1. The maximum atomic E-state index is 8.81. The van der Waals surface area contributed by atoms with Crippen molar-refractivity contribution in [2.75, 3.05) is 7.05 Å². The minimum absolute atomic E-state index is 0.900. The zero-order chi connectivity index (χ0) is 17.5. The maximum Gasteiger partial charge on any atom is 0.198 e. The Bertz CT molecular complexity index is 911. The third-order valence-electron chi connectivity index (χ3n) is 3.62. The molecule has 0 aliphatic carbocycles. The van der Waals surface area contributed by atoms with Crippen molar-refractivity contribution in [1.82, 2.24) is 4.90 Å². The van der Waals surface area contributed by atoms with Gasteiger partial charge in [0.05, 0.1) is 11.1 Å². The molecule has 0 saturated carbocycles. The largest absolute Gasteiger partial charge is 0.352 e. The van der Waals surface area contributed by atoms with E-state index in [4.69, 9.17) is 13.4 Å². The number of nitrogens with two attached hydrogens (primary N) is 1. The second-order valence-electron chi connectivity index (χ2n) is 5.39. The molecule has 2 N–H and O–H groups in total. The molecule has 126 valence electrons. The highest BCUT2D eigenvalue weighted by Gasteiger charge is 2.10. The van der Waals surface area contributed by atoms with Gasteiger partial charge in [0.25, 0.3) is 0 Å². The van der Waals surface area contributed by atoms with E-state index >= 15 is 0 Å².